The minimum Gasteiger partial charge on any atom is -0.310 e. The Balaban J connectivity index is 1.08. The van der Waals surface area contributed by atoms with Crippen LogP contribution < -0.4 is 4.90 Å². The number of hydrogen-bond donors (Lipinski definition) is 0. The first kappa shape index (κ1) is 28.4. The predicted molar refractivity (Wildman–Crippen MR) is 212 cm³/mol. The Kier molecular flexibility index (Phi) is 6.37. The highest BCUT2D eigenvalue weighted by Crippen LogP contribution is 2.47. The van der Waals surface area contributed by atoms with Crippen molar-refractivity contribution in [2.45, 2.75) is 0 Å². The van der Waals surface area contributed by atoms with Crippen molar-refractivity contribution in [1.29, 1.82) is 0 Å². The third-order valence-electron chi connectivity index (χ3n) is 10.3. The summed E-state index contributed by atoms with van der Waals surface area (Å²) in [4.78, 5) is 2.36. The zero-order valence-electron chi connectivity index (χ0n) is 27.4. The normalized spacial score (nSPS) is 12.0. The van der Waals surface area contributed by atoms with E-state index in [1.54, 1.807) is 0 Å². The Bertz CT molecular complexity index is 2770. The molecule has 234 valence electrons. The van der Waals surface area contributed by atoms with Gasteiger partial charge in [0.1, 0.15) is 0 Å². The van der Waals surface area contributed by atoms with Crippen molar-refractivity contribution in [1.82, 2.24) is 4.57 Å². The van der Waals surface area contributed by atoms with Crippen LogP contribution in [0.1, 0.15) is 11.1 Å². The Morgan fingerprint density at radius 1 is 0.380 bits per heavy atom. The Labute approximate surface area is 291 Å². The first-order valence-electron chi connectivity index (χ1n) is 17.1. The summed E-state index contributed by atoms with van der Waals surface area (Å²) in [5.74, 6) is 0. The summed E-state index contributed by atoms with van der Waals surface area (Å²) in [7, 11) is 0. The highest BCUT2D eigenvalue weighted by Gasteiger charge is 2.24. The van der Waals surface area contributed by atoms with Crippen LogP contribution in [0.5, 0.6) is 0 Å². The second kappa shape index (κ2) is 11.2. The lowest BCUT2D eigenvalue weighted by Gasteiger charge is -2.27. The molecule has 10 rings (SSSR count). The molecule has 0 fully saturated rings. The number of benzene rings is 8. The average molecular weight is 637 g/mol. The van der Waals surface area contributed by atoms with E-state index < -0.39 is 0 Å². The van der Waals surface area contributed by atoms with Crippen molar-refractivity contribution in [2.24, 2.45) is 0 Å². The summed E-state index contributed by atoms with van der Waals surface area (Å²) >= 11 is 0. The summed E-state index contributed by atoms with van der Waals surface area (Å²) in [6, 6.07) is 65.9. The van der Waals surface area contributed by atoms with E-state index in [-0.39, 0.29) is 0 Å². The standard InChI is InChI=1S/C48H32N2/c1-32-41-15-7-8-16-42(41)43-27-26-40(31-45(32)43)49(39-25-21-33-11-5-6-12-35(33)29-39)38-23-19-34(20-24-38)36-22-28-48-46(30-36)44-17-9-10-18-47(44)50(48)37-13-3-2-4-14-37/h2-31H,1H2. The zero-order chi connectivity index (χ0) is 33.2. The van der Waals surface area contributed by atoms with Crippen molar-refractivity contribution in [3.8, 4) is 27.9 Å². The van der Waals surface area contributed by atoms with Crippen molar-refractivity contribution in [3.63, 3.8) is 0 Å². The van der Waals surface area contributed by atoms with E-state index in [4.69, 9.17) is 0 Å². The zero-order valence-corrected chi connectivity index (χ0v) is 27.4. The van der Waals surface area contributed by atoms with Gasteiger partial charge in [0.15, 0.2) is 0 Å². The van der Waals surface area contributed by atoms with Crippen LogP contribution in [0.3, 0.4) is 0 Å². The molecule has 1 heterocycles. The molecule has 0 atom stereocenters. The molecule has 0 spiro atoms. The van der Waals surface area contributed by atoms with Gasteiger partial charge in [-0.25, -0.2) is 0 Å². The number of hydrogen-bond acceptors (Lipinski definition) is 1. The van der Waals surface area contributed by atoms with E-state index in [2.05, 4.69) is 198 Å². The fraction of sp³-hybridized carbons (Fsp3) is 0. The smallest absolute Gasteiger partial charge is 0.0541 e. The molecule has 8 aromatic carbocycles. The quantitative estimate of drug-likeness (QED) is 0.182. The van der Waals surface area contributed by atoms with E-state index in [0.717, 1.165) is 22.6 Å². The van der Waals surface area contributed by atoms with Gasteiger partial charge in [-0.05, 0) is 116 Å². The van der Waals surface area contributed by atoms with Gasteiger partial charge in [-0.2, -0.15) is 0 Å². The van der Waals surface area contributed by atoms with Gasteiger partial charge in [0, 0.05) is 33.5 Å². The SMILES string of the molecule is C=C1c2ccccc2-c2ccc(N(c3ccc(-c4ccc5c(c4)c4ccccc4n5-c4ccccc4)cc3)c3ccc4ccccc4c3)cc21. The molecule has 2 nitrogen and oxygen atoms in total. The number of aromatic nitrogens is 1. The molecule has 1 aliphatic carbocycles. The predicted octanol–water partition coefficient (Wildman–Crippen LogP) is 13.1. The summed E-state index contributed by atoms with van der Waals surface area (Å²) in [5, 5.41) is 4.96. The summed E-state index contributed by atoms with van der Waals surface area (Å²) in [5.41, 5.74) is 15.3. The van der Waals surface area contributed by atoms with Crippen molar-refractivity contribution in [2.75, 3.05) is 4.90 Å². The topological polar surface area (TPSA) is 8.17 Å². The van der Waals surface area contributed by atoms with Crippen LogP contribution in [-0.2, 0) is 0 Å². The van der Waals surface area contributed by atoms with E-state index in [1.165, 1.54) is 71.6 Å². The number of fused-ring (bicyclic) bond motifs is 7. The second-order valence-electron chi connectivity index (χ2n) is 13.1. The van der Waals surface area contributed by atoms with Gasteiger partial charge in [-0.3, -0.25) is 0 Å². The third-order valence-corrected chi connectivity index (χ3v) is 10.3. The molecular weight excluding hydrogens is 605 g/mol. The minimum absolute atomic E-state index is 1.08. The summed E-state index contributed by atoms with van der Waals surface area (Å²) in [6.07, 6.45) is 0. The largest absolute Gasteiger partial charge is 0.310 e. The van der Waals surface area contributed by atoms with Crippen LogP contribution >= 0.6 is 0 Å². The third kappa shape index (κ3) is 4.43. The number of anilines is 3. The molecule has 0 amide bonds. The molecule has 1 aromatic heterocycles. The molecule has 0 saturated carbocycles. The van der Waals surface area contributed by atoms with Crippen LogP contribution in [-0.4, -0.2) is 4.57 Å². The second-order valence-corrected chi connectivity index (χ2v) is 13.1. The summed E-state index contributed by atoms with van der Waals surface area (Å²) < 4.78 is 2.36. The first-order chi connectivity index (χ1) is 24.7. The number of rotatable bonds is 5. The van der Waals surface area contributed by atoms with Gasteiger partial charge in [0.2, 0.25) is 0 Å². The number of para-hydroxylation sites is 2. The van der Waals surface area contributed by atoms with Crippen LogP contribution in [0, 0.1) is 0 Å². The van der Waals surface area contributed by atoms with Crippen molar-refractivity contribution in [3.05, 3.63) is 200 Å². The molecular formula is C48H32N2. The van der Waals surface area contributed by atoms with Crippen LogP contribution in [0.15, 0.2) is 189 Å². The minimum atomic E-state index is 1.08. The molecule has 0 bridgehead atoms. The van der Waals surface area contributed by atoms with Crippen molar-refractivity contribution >= 4 is 55.2 Å². The maximum atomic E-state index is 4.51. The van der Waals surface area contributed by atoms with E-state index in [1.807, 2.05) is 0 Å². The monoisotopic (exact) mass is 636 g/mol. The van der Waals surface area contributed by atoms with Crippen LogP contribution in [0.25, 0.3) is 66.1 Å². The van der Waals surface area contributed by atoms with Gasteiger partial charge in [-0.15, -0.1) is 0 Å². The van der Waals surface area contributed by atoms with Gasteiger partial charge >= 0.3 is 0 Å². The average Bonchev–Trinajstić information content (AvgIpc) is 3.66. The fourth-order valence-corrected chi connectivity index (χ4v) is 7.86. The molecule has 2 heteroatoms. The maximum Gasteiger partial charge on any atom is 0.0541 e. The van der Waals surface area contributed by atoms with Gasteiger partial charge in [-0.1, -0.05) is 122 Å². The molecule has 50 heavy (non-hydrogen) atoms. The van der Waals surface area contributed by atoms with E-state index >= 15 is 0 Å². The molecule has 9 aromatic rings. The van der Waals surface area contributed by atoms with E-state index in [0.29, 0.717) is 0 Å². The maximum absolute atomic E-state index is 4.51. The highest BCUT2D eigenvalue weighted by molar-refractivity contribution is 6.10. The van der Waals surface area contributed by atoms with Crippen LogP contribution in [0.4, 0.5) is 17.1 Å². The Hall–Kier alpha value is -6.64. The van der Waals surface area contributed by atoms with Crippen LogP contribution in [0.2, 0.25) is 0 Å². The molecule has 0 radical (unpaired) electrons. The fourth-order valence-electron chi connectivity index (χ4n) is 7.86. The van der Waals surface area contributed by atoms with Crippen molar-refractivity contribution < 1.29 is 0 Å². The highest BCUT2D eigenvalue weighted by atomic mass is 15.1. The van der Waals surface area contributed by atoms with Gasteiger partial charge in [0.05, 0.1) is 11.0 Å². The molecule has 0 N–H and O–H groups in total. The van der Waals surface area contributed by atoms with E-state index in [9.17, 15) is 0 Å². The lowest BCUT2D eigenvalue weighted by Crippen LogP contribution is -2.10. The molecule has 0 unspecified atom stereocenters. The van der Waals surface area contributed by atoms with Gasteiger partial charge in [0.25, 0.3) is 0 Å². The Morgan fingerprint density at radius 2 is 1.00 bits per heavy atom. The lowest BCUT2D eigenvalue weighted by atomic mass is 10.0. The van der Waals surface area contributed by atoms with Gasteiger partial charge < -0.3 is 9.47 Å². The molecule has 0 saturated heterocycles. The molecule has 0 aliphatic heterocycles. The summed E-state index contributed by atoms with van der Waals surface area (Å²) in [6.45, 7) is 4.51. The first-order valence-corrected chi connectivity index (χ1v) is 17.1. The lowest BCUT2D eigenvalue weighted by molar-refractivity contribution is 1.18. The Morgan fingerprint density at radius 3 is 1.86 bits per heavy atom. The molecule has 1 aliphatic rings. The number of nitrogens with zero attached hydrogens (tertiary/aromatic N) is 2.